The van der Waals surface area contributed by atoms with Crippen molar-refractivity contribution in [2.75, 3.05) is 12.4 Å². The number of hydrogen-bond acceptors (Lipinski definition) is 4. The average molecular weight is 363 g/mol. The van der Waals surface area contributed by atoms with E-state index >= 15 is 0 Å². The van der Waals surface area contributed by atoms with Crippen LogP contribution in [0.4, 0.5) is 5.69 Å². The fourth-order valence-electron chi connectivity index (χ4n) is 2.70. The first kappa shape index (κ1) is 18.4. The van der Waals surface area contributed by atoms with Gasteiger partial charge in [-0.3, -0.25) is 9.59 Å². The van der Waals surface area contributed by atoms with E-state index in [1.165, 1.54) is 6.07 Å². The van der Waals surface area contributed by atoms with Crippen molar-refractivity contribution in [1.29, 1.82) is 0 Å². The van der Waals surface area contributed by atoms with Crippen molar-refractivity contribution in [3.63, 3.8) is 0 Å². The highest BCUT2D eigenvalue weighted by Crippen LogP contribution is 2.16. The second kappa shape index (κ2) is 7.45. The summed E-state index contributed by atoms with van der Waals surface area (Å²) in [6.07, 6.45) is 0. The van der Waals surface area contributed by atoms with E-state index in [4.69, 9.17) is 4.74 Å². The molecule has 3 aromatic rings. The minimum atomic E-state index is -0.537. The van der Waals surface area contributed by atoms with Crippen LogP contribution in [0.5, 0.6) is 5.75 Å². The predicted molar refractivity (Wildman–Crippen MR) is 105 cm³/mol. The van der Waals surface area contributed by atoms with Gasteiger partial charge >= 0.3 is 0 Å². The number of ether oxygens (including phenoxy) is 1. The highest BCUT2D eigenvalue weighted by atomic mass is 16.5. The van der Waals surface area contributed by atoms with Crippen LogP contribution in [-0.2, 0) is 0 Å². The Labute approximate surface area is 157 Å². The summed E-state index contributed by atoms with van der Waals surface area (Å²) >= 11 is 0. The van der Waals surface area contributed by atoms with Crippen LogP contribution in [0.1, 0.15) is 27.3 Å². The van der Waals surface area contributed by atoms with E-state index < -0.39 is 11.3 Å². The summed E-state index contributed by atoms with van der Waals surface area (Å²) in [6.45, 7) is 5.73. The summed E-state index contributed by atoms with van der Waals surface area (Å²) in [5.41, 5.74) is 3.60. The molecule has 0 aliphatic heterocycles. The zero-order valence-electron chi connectivity index (χ0n) is 15.7. The molecule has 3 rings (SSSR count). The van der Waals surface area contributed by atoms with Crippen LogP contribution in [-0.4, -0.2) is 22.8 Å². The van der Waals surface area contributed by atoms with Crippen LogP contribution in [0.3, 0.4) is 0 Å². The summed E-state index contributed by atoms with van der Waals surface area (Å²) in [5.74, 6) is 0.177. The largest absolute Gasteiger partial charge is 0.497 e. The lowest BCUT2D eigenvalue weighted by molar-refractivity contribution is 0.101. The Kier molecular flexibility index (Phi) is 5.07. The number of nitrogens with one attached hydrogen (secondary N) is 1. The first-order valence-corrected chi connectivity index (χ1v) is 8.53. The first-order valence-electron chi connectivity index (χ1n) is 8.53. The van der Waals surface area contributed by atoms with Gasteiger partial charge in [-0.2, -0.15) is 5.10 Å². The Morgan fingerprint density at radius 2 is 1.70 bits per heavy atom. The van der Waals surface area contributed by atoms with Crippen molar-refractivity contribution < 1.29 is 9.53 Å². The number of hydrogen-bond donors (Lipinski definition) is 1. The third-order valence-corrected chi connectivity index (χ3v) is 4.40. The number of aryl methyl sites for hydroxylation is 3. The molecule has 0 unspecified atom stereocenters. The maximum absolute atomic E-state index is 12.6. The van der Waals surface area contributed by atoms with Gasteiger partial charge in [0.1, 0.15) is 5.75 Å². The first-order chi connectivity index (χ1) is 12.9. The number of rotatable bonds is 4. The fourth-order valence-corrected chi connectivity index (χ4v) is 2.70. The molecule has 6 nitrogen and oxygen atoms in total. The second-order valence-electron chi connectivity index (χ2n) is 6.36. The van der Waals surface area contributed by atoms with Gasteiger partial charge in [-0.25, -0.2) is 4.68 Å². The number of amides is 1. The van der Waals surface area contributed by atoms with Crippen LogP contribution in [0.15, 0.2) is 53.3 Å². The monoisotopic (exact) mass is 363 g/mol. The third kappa shape index (κ3) is 3.89. The summed E-state index contributed by atoms with van der Waals surface area (Å²) in [6, 6.07) is 14.2. The normalized spacial score (nSPS) is 10.5. The van der Waals surface area contributed by atoms with Gasteiger partial charge in [-0.05, 0) is 68.3 Å². The molecule has 0 saturated carbocycles. The maximum Gasteiger partial charge on any atom is 0.280 e. The van der Waals surface area contributed by atoms with Gasteiger partial charge in [0, 0.05) is 17.4 Å². The highest BCUT2D eigenvalue weighted by Gasteiger charge is 2.16. The summed E-state index contributed by atoms with van der Waals surface area (Å²) in [7, 11) is 1.59. The van der Waals surface area contributed by atoms with Crippen LogP contribution < -0.4 is 15.5 Å². The van der Waals surface area contributed by atoms with Crippen molar-refractivity contribution in [2.45, 2.75) is 20.8 Å². The molecule has 6 heteroatoms. The topological polar surface area (TPSA) is 73.2 Å². The Hall–Kier alpha value is -3.41. The Balaban J connectivity index is 1.96. The molecule has 0 fully saturated rings. The molecule has 27 heavy (non-hydrogen) atoms. The molecular weight excluding hydrogens is 342 g/mol. The molecule has 0 radical (unpaired) electrons. The third-order valence-electron chi connectivity index (χ3n) is 4.40. The molecular formula is C21H21N3O3. The summed E-state index contributed by atoms with van der Waals surface area (Å²) in [4.78, 5) is 24.9. The number of methoxy groups -OCH3 is 1. The van der Waals surface area contributed by atoms with E-state index in [2.05, 4.69) is 10.4 Å². The lowest BCUT2D eigenvalue weighted by Crippen LogP contribution is -2.26. The van der Waals surface area contributed by atoms with Gasteiger partial charge in [0.15, 0.2) is 5.69 Å². The molecule has 0 spiro atoms. The standard InChI is InChI=1S/C21H21N3O3/c1-13-5-6-16(11-14(13)2)22-21(26)20-19(25)12-15(3)24(23-20)17-7-9-18(27-4)10-8-17/h5-12H,1-4H3,(H,22,26). The molecule has 1 aromatic heterocycles. The highest BCUT2D eigenvalue weighted by molar-refractivity contribution is 6.02. The van der Waals surface area contributed by atoms with Gasteiger partial charge in [-0.1, -0.05) is 6.07 Å². The van der Waals surface area contributed by atoms with Crippen LogP contribution >= 0.6 is 0 Å². The molecule has 0 aliphatic rings. The van der Waals surface area contributed by atoms with Crippen molar-refractivity contribution in [2.24, 2.45) is 0 Å². The number of anilines is 1. The molecule has 1 heterocycles. The number of nitrogens with zero attached hydrogens (tertiary/aromatic N) is 2. The number of carbonyl (C=O) groups excluding carboxylic acids is 1. The van der Waals surface area contributed by atoms with Gasteiger partial charge < -0.3 is 10.1 Å². The lowest BCUT2D eigenvalue weighted by atomic mass is 10.1. The molecule has 0 saturated heterocycles. The number of carbonyl (C=O) groups is 1. The Bertz CT molecular complexity index is 1050. The zero-order valence-corrected chi connectivity index (χ0v) is 15.7. The quantitative estimate of drug-likeness (QED) is 0.771. The van der Waals surface area contributed by atoms with Crippen molar-refractivity contribution in [3.05, 3.63) is 81.3 Å². The average Bonchev–Trinajstić information content (AvgIpc) is 2.65. The van der Waals surface area contributed by atoms with Crippen LogP contribution in [0.2, 0.25) is 0 Å². The zero-order chi connectivity index (χ0) is 19.6. The number of benzene rings is 2. The summed E-state index contributed by atoms with van der Waals surface area (Å²) < 4.78 is 6.72. The van der Waals surface area contributed by atoms with Gasteiger partial charge in [0.25, 0.3) is 5.91 Å². The van der Waals surface area contributed by atoms with Gasteiger partial charge in [0.2, 0.25) is 5.43 Å². The maximum atomic E-state index is 12.6. The molecule has 0 aliphatic carbocycles. The Morgan fingerprint density at radius 3 is 2.33 bits per heavy atom. The summed E-state index contributed by atoms with van der Waals surface area (Å²) in [5, 5.41) is 7.03. The van der Waals surface area contributed by atoms with E-state index in [1.54, 1.807) is 36.9 Å². The molecule has 0 atom stereocenters. The lowest BCUT2D eigenvalue weighted by Gasteiger charge is -2.12. The minimum absolute atomic E-state index is 0.158. The SMILES string of the molecule is COc1ccc(-n2nc(C(=O)Nc3ccc(C)c(C)c3)c(=O)cc2C)cc1. The van der Waals surface area contributed by atoms with Crippen molar-refractivity contribution in [3.8, 4) is 11.4 Å². The van der Waals surface area contributed by atoms with Crippen molar-refractivity contribution >= 4 is 11.6 Å². The van der Waals surface area contributed by atoms with E-state index in [0.29, 0.717) is 17.1 Å². The van der Waals surface area contributed by atoms with E-state index in [9.17, 15) is 9.59 Å². The smallest absolute Gasteiger partial charge is 0.280 e. The molecule has 0 bridgehead atoms. The van der Waals surface area contributed by atoms with E-state index in [1.807, 2.05) is 38.1 Å². The molecule has 1 amide bonds. The Morgan fingerprint density at radius 1 is 1.00 bits per heavy atom. The van der Waals surface area contributed by atoms with Crippen molar-refractivity contribution in [1.82, 2.24) is 9.78 Å². The van der Waals surface area contributed by atoms with E-state index in [0.717, 1.165) is 16.8 Å². The molecule has 2 aromatic carbocycles. The predicted octanol–water partition coefficient (Wildman–Crippen LogP) is 3.42. The molecule has 138 valence electrons. The van der Waals surface area contributed by atoms with Crippen LogP contribution in [0, 0.1) is 20.8 Å². The second-order valence-corrected chi connectivity index (χ2v) is 6.36. The van der Waals surface area contributed by atoms with Gasteiger partial charge in [0.05, 0.1) is 12.8 Å². The van der Waals surface area contributed by atoms with E-state index in [-0.39, 0.29) is 5.69 Å². The minimum Gasteiger partial charge on any atom is -0.497 e. The number of aromatic nitrogens is 2. The molecule has 1 N–H and O–H groups in total. The van der Waals surface area contributed by atoms with Crippen LogP contribution in [0.25, 0.3) is 5.69 Å². The fraction of sp³-hybridized carbons (Fsp3) is 0.190. The van der Waals surface area contributed by atoms with Gasteiger partial charge in [-0.15, -0.1) is 0 Å².